The van der Waals surface area contributed by atoms with E-state index in [1.807, 2.05) is 21.1 Å². The number of esters is 2. The molecule has 61 heavy (non-hydrogen) atoms. The second-order valence-electron chi connectivity index (χ2n) is 17.9. The van der Waals surface area contributed by atoms with Crippen molar-refractivity contribution in [3.8, 4) is 0 Å². The van der Waals surface area contributed by atoms with Crippen molar-refractivity contribution in [1.29, 1.82) is 0 Å². The molecule has 1 aliphatic carbocycles. The standard InChI is InChI=1S/C48H86NO11P/c1-6-8-10-11-12-13-14-15-16-17-18-19-20-21-22-23-28-32-47(53)57-39-42(40-59-61(55,56)58-37-36-49(3,4)5)60-48(54)33-29-25-24-27-31-43-44(46(52)38-45(43)51)35-34-41(50)30-26-9-7-2/h12-13,15-16,34-35,41-45,50-51H,6-11,14,17-33,36-40H2,1-5H3/p+1/b13-12-,16-15-,35-34+/t41-,42+,43+,44+,45-/m0/s1. The van der Waals surface area contributed by atoms with Gasteiger partial charge in [0.05, 0.1) is 40.0 Å². The van der Waals surface area contributed by atoms with Gasteiger partial charge in [-0.1, -0.05) is 134 Å². The molecule has 0 heterocycles. The summed E-state index contributed by atoms with van der Waals surface area (Å²) in [5.74, 6) is -1.55. The fraction of sp³-hybridized carbons (Fsp3) is 0.812. The van der Waals surface area contributed by atoms with Gasteiger partial charge in [0.1, 0.15) is 25.5 Å². The number of ketones is 1. The van der Waals surface area contributed by atoms with Crippen LogP contribution in [0.1, 0.15) is 174 Å². The summed E-state index contributed by atoms with van der Waals surface area (Å²) in [6, 6.07) is 0. The number of nitrogens with zero attached hydrogens (tertiary/aromatic N) is 1. The minimum absolute atomic E-state index is 0.00199. The van der Waals surface area contributed by atoms with Crippen molar-refractivity contribution < 1.29 is 57.1 Å². The number of carbonyl (C=O) groups is 3. The van der Waals surface area contributed by atoms with Crippen LogP contribution in [0, 0.1) is 11.8 Å². The lowest BCUT2D eigenvalue weighted by atomic mass is 9.88. The summed E-state index contributed by atoms with van der Waals surface area (Å²) in [4.78, 5) is 48.2. The zero-order chi connectivity index (χ0) is 45.2. The predicted octanol–water partition coefficient (Wildman–Crippen LogP) is 10.3. The number of rotatable bonds is 39. The van der Waals surface area contributed by atoms with E-state index in [0.29, 0.717) is 36.7 Å². The van der Waals surface area contributed by atoms with Crippen LogP contribution in [-0.2, 0) is 37.5 Å². The molecule has 0 saturated heterocycles. The molecule has 0 aromatic carbocycles. The highest BCUT2D eigenvalue weighted by molar-refractivity contribution is 7.47. The Bertz CT molecular complexity index is 1300. The maximum absolute atomic E-state index is 12.8. The number of carbonyl (C=O) groups excluding carboxylic acids is 3. The average Bonchev–Trinajstić information content (AvgIpc) is 3.47. The highest BCUT2D eigenvalue weighted by atomic mass is 31.2. The summed E-state index contributed by atoms with van der Waals surface area (Å²) in [5.41, 5.74) is 0. The molecule has 0 aliphatic heterocycles. The zero-order valence-electron chi connectivity index (χ0n) is 38.9. The third-order valence-electron chi connectivity index (χ3n) is 11.0. The van der Waals surface area contributed by atoms with Crippen molar-refractivity contribution in [2.75, 3.05) is 47.5 Å². The van der Waals surface area contributed by atoms with Gasteiger partial charge < -0.3 is 29.1 Å². The Morgan fingerprint density at radius 2 is 1.34 bits per heavy atom. The molecule has 1 fully saturated rings. The van der Waals surface area contributed by atoms with Gasteiger partial charge in [-0.3, -0.25) is 23.4 Å². The molecule has 12 nitrogen and oxygen atoms in total. The summed E-state index contributed by atoms with van der Waals surface area (Å²) in [7, 11) is 1.33. The smallest absolute Gasteiger partial charge is 0.462 e. The quantitative estimate of drug-likeness (QED) is 0.0177. The first-order valence-corrected chi connectivity index (χ1v) is 25.3. The van der Waals surface area contributed by atoms with Crippen molar-refractivity contribution in [2.24, 2.45) is 11.8 Å². The van der Waals surface area contributed by atoms with Gasteiger partial charge in [-0.25, -0.2) is 4.57 Å². The monoisotopic (exact) mass is 885 g/mol. The third-order valence-corrected chi connectivity index (χ3v) is 12.0. The van der Waals surface area contributed by atoms with Crippen LogP contribution in [0.2, 0.25) is 0 Å². The number of phosphoric acid groups is 1. The molecular formula is C48H87NO11P+. The van der Waals surface area contributed by atoms with Gasteiger partial charge in [0, 0.05) is 25.2 Å². The lowest BCUT2D eigenvalue weighted by molar-refractivity contribution is -0.870. The molecule has 0 aromatic rings. The van der Waals surface area contributed by atoms with E-state index in [1.54, 1.807) is 12.2 Å². The van der Waals surface area contributed by atoms with E-state index in [1.165, 1.54) is 44.9 Å². The number of likely N-dealkylation sites (N-methyl/N-ethyl adjacent to an activating group) is 1. The molecule has 1 rings (SSSR count). The minimum atomic E-state index is -4.45. The van der Waals surface area contributed by atoms with Crippen molar-refractivity contribution in [3.63, 3.8) is 0 Å². The van der Waals surface area contributed by atoms with E-state index in [-0.39, 0.29) is 44.2 Å². The minimum Gasteiger partial charge on any atom is -0.462 e. The Labute approximate surface area is 370 Å². The van der Waals surface area contributed by atoms with Crippen molar-refractivity contribution in [1.82, 2.24) is 0 Å². The molecule has 0 radical (unpaired) electrons. The van der Waals surface area contributed by atoms with E-state index in [9.17, 15) is 34.1 Å². The van der Waals surface area contributed by atoms with Crippen molar-refractivity contribution in [2.45, 2.75) is 193 Å². The van der Waals surface area contributed by atoms with Gasteiger partial charge in [0.2, 0.25) is 0 Å². The number of aliphatic hydroxyl groups is 2. The number of quaternary nitrogens is 1. The van der Waals surface area contributed by atoms with E-state index in [0.717, 1.165) is 70.6 Å². The van der Waals surface area contributed by atoms with Gasteiger partial charge in [0.25, 0.3) is 0 Å². The lowest BCUT2D eigenvalue weighted by Gasteiger charge is -2.24. The predicted molar refractivity (Wildman–Crippen MR) is 244 cm³/mol. The van der Waals surface area contributed by atoms with Crippen LogP contribution in [0.4, 0.5) is 0 Å². The number of hydrogen-bond acceptors (Lipinski definition) is 10. The second-order valence-corrected chi connectivity index (χ2v) is 19.4. The van der Waals surface area contributed by atoms with E-state index in [2.05, 4.69) is 38.2 Å². The molecule has 13 heteroatoms. The topological polar surface area (TPSA) is 166 Å². The normalized spacial score (nSPS) is 19.3. The molecule has 0 aromatic heterocycles. The number of Topliss-reactive ketones (excluding diaryl/α,β-unsaturated/α-hetero) is 1. The number of aliphatic hydroxyl groups excluding tert-OH is 2. The molecular weight excluding hydrogens is 797 g/mol. The molecule has 3 N–H and O–H groups in total. The maximum Gasteiger partial charge on any atom is 0.472 e. The Kier molecular flexibility index (Phi) is 32.8. The number of allylic oxidation sites excluding steroid dienone is 5. The van der Waals surface area contributed by atoms with Gasteiger partial charge in [-0.15, -0.1) is 0 Å². The molecule has 354 valence electrons. The van der Waals surface area contributed by atoms with Crippen LogP contribution < -0.4 is 0 Å². The summed E-state index contributed by atoms with van der Waals surface area (Å²) < 4.78 is 34.3. The molecule has 1 saturated carbocycles. The Morgan fingerprint density at radius 3 is 1.98 bits per heavy atom. The van der Waals surface area contributed by atoms with E-state index >= 15 is 0 Å². The molecule has 1 aliphatic rings. The largest absolute Gasteiger partial charge is 0.472 e. The summed E-state index contributed by atoms with van der Waals surface area (Å²) in [6.07, 6.45) is 32.3. The van der Waals surface area contributed by atoms with E-state index < -0.39 is 50.6 Å². The lowest BCUT2D eigenvalue weighted by Crippen LogP contribution is -2.37. The third kappa shape index (κ3) is 32.2. The average molecular weight is 885 g/mol. The highest BCUT2D eigenvalue weighted by Gasteiger charge is 2.39. The van der Waals surface area contributed by atoms with E-state index in [4.69, 9.17) is 18.5 Å². The molecule has 1 unspecified atom stereocenters. The number of ether oxygens (including phenoxy) is 2. The van der Waals surface area contributed by atoms with Gasteiger partial charge in [0.15, 0.2) is 6.10 Å². The first-order chi connectivity index (χ1) is 29.2. The van der Waals surface area contributed by atoms with Gasteiger partial charge in [-0.2, -0.15) is 0 Å². The Hall–Kier alpha value is -2.18. The first kappa shape index (κ1) is 56.8. The first-order valence-electron chi connectivity index (χ1n) is 23.8. The SMILES string of the molecule is CCCCC/C=C\C/C=C\CCCCCCCCCC(=O)OC[C@H](COP(=O)(O)OCC[N+](C)(C)C)OC(=O)CCCCCC[C@H]1[C@@H](O)CC(=O)[C@@H]1/C=C/[C@@H](O)CCCCC. The maximum atomic E-state index is 12.8. The molecule has 6 atom stereocenters. The highest BCUT2D eigenvalue weighted by Crippen LogP contribution is 2.43. The van der Waals surface area contributed by atoms with Crippen LogP contribution in [0.5, 0.6) is 0 Å². The molecule has 0 bridgehead atoms. The van der Waals surface area contributed by atoms with Crippen LogP contribution in [-0.4, -0.2) is 103 Å². The van der Waals surface area contributed by atoms with Gasteiger partial charge >= 0.3 is 19.8 Å². The zero-order valence-corrected chi connectivity index (χ0v) is 39.8. The van der Waals surface area contributed by atoms with Crippen LogP contribution in [0.25, 0.3) is 0 Å². The molecule has 0 amide bonds. The van der Waals surface area contributed by atoms with Crippen LogP contribution in [0.3, 0.4) is 0 Å². The Morgan fingerprint density at radius 1 is 0.770 bits per heavy atom. The fourth-order valence-electron chi connectivity index (χ4n) is 7.24. The Balaban J connectivity index is 2.45. The van der Waals surface area contributed by atoms with Crippen molar-refractivity contribution >= 4 is 25.5 Å². The number of hydrogen-bond donors (Lipinski definition) is 3. The van der Waals surface area contributed by atoms with Crippen LogP contribution >= 0.6 is 7.82 Å². The number of unbranched alkanes of at least 4 members (excludes halogenated alkanes) is 15. The molecule has 0 spiro atoms. The number of phosphoric ester groups is 1. The summed E-state index contributed by atoms with van der Waals surface area (Å²) in [5, 5.41) is 20.8. The second kappa shape index (κ2) is 35.2. The van der Waals surface area contributed by atoms with Crippen molar-refractivity contribution in [3.05, 3.63) is 36.5 Å². The van der Waals surface area contributed by atoms with Gasteiger partial charge in [-0.05, 0) is 63.7 Å². The fourth-order valence-corrected chi connectivity index (χ4v) is 7.98. The summed E-state index contributed by atoms with van der Waals surface area (Å²) in [6.45, 7) is 4.01. The van der Waals surface area contributed by atoms with Crippen LogP contribution in [0.15, 0.2) is 36.5 Å². The summed E-state index contributed by atoms with van der Waals surface area (Å²) >= 11 is 0.